The first-order valence-electron chi connectivity index (χ1n) is 9.69. The van der Waals surface area contributed by atoms with Crippen LogP contribution in [0.25, 0.3) is 0 Å². The van der Waals surface area contributed by atoms with Gasteiger partial charge in [-0.1, -0.05) is 24.3 Å². The standard InChI is InChI=1S/C22H19F4N2O/c1-11-18(23)20(25)21(26)22(19(11)24)28-9-13-6-7-15-14-5-3-2-4-12(14)8-17(15)29-10-16(13)27-28/h2-5,9,13,15,17H,6-8,10H2,1H3/q+1. The van der Waals surface area contributed by atoms with Crippen molar-refractivity contribution in [2.75, 3.05) is 6.61 Å². The van der Waals surface area contributed by atoms with Crippen molar-refractivity contribution < 1.29 is 27.0 Å². The van der Waals surface area contributed by atoms with Crippen LogP contribution in [0.2, 0.25) is 0 Å². The lowest BCUT2D eigenvalue weighted by Crippen LogP contribution is -2.29. The number of hydrogen-bond donors (Lipinski definition) is 0. The van der Waals surface area contributed by atoms with Crippen LogP contribution in [0, 0.1) is 36.1 Å². The maximum atomic E-state index is 14.5. The topological polar surface area (TPSA) is 24.6 Å². The molecule has 2 aromatic rings. The van der Waals surface area contributed by atoms with Gasteiger partial charge >= 0.3 is 5.69 Å². The molecular weight excluding hydrogens is 384 g/mol. The second-order valence-electron chi connectivity index (χ2n) is 7.86. The first kappa shape index (κ1) is 18.5. The summed E-state index contributed by atoms with van der Waals surface area (Å²) in [5.74, 6) is -5.84. The van der Waals surface area contributed by atoms with Crippen LogP contribution >= 0.6 is 0 Å². The highest BCUT2D eigenvalue weighted by molar-refractivity contribution is 6.00. The van der Waals surface area contributed by atoms with E-state index < -0.39 is 34.5 Å². The average molecular weight is 403 g/mol. The molecule has 0 aromatic heterocycles. The predicted molar refractivity (Wildman–Crippen MR) is 99.8 cm³/mol. The van der Waals surface area contributed by atoms with Gasteiger partial charge in [-0.15, -0.1) is 0 Å². The Hall–Kier alpha value is -2.54. The number of fused-ring (bicyclic) bond motifs is 4. The summed E-state index contributed by atoms with van der Waals surface area (Å²) in [7, 11) is 0. The Morgan fingerprint density at radius 2 is 1.79 bits per heavy atom. The van der Waals surface area contributed by atoms with Crippen LogP contribution in [0.3, 0.4) is 0 Å². The van der Waals surface area contributed by atoms with Gasteiger partial charge < -0.3 is 4.74 Å². The Morgan fingerprint density at radius 3 is 2.62 bits per heavy atom. The molecule has 29 heavy (non-hydrogen) atoms. The summed E-state index contributed by atoms with van der Waals surface area (Å²) in [5.41, 5.74) is 1.97. The largest absolute Gasteiger partial charge is 0.371 e. The Morgan fingerprint density at radius 1 is 1.00 bits per heavy atom. The molecule has 2 aliphatic heterocycles. The predicted octanol–water partition coefficient (Wildman–Crippen LogP) is 4.77. The fourth-order valence-corrected chi connectivity index (χ4v) is 4.65. The number of rotatable bonds is 1. The van der Waals surface area contributed by atoms with E-state index in [1.165, 1.54) is 11.1 Å². The second-order valence-corrected chi connectivity index (χ2v) is 7.86. The minimum Gasteiger partial charge on any atom is -0.371 e. The maximum absolute atomic E-state index is 14.5. The highest BCUT2D eigenvalue weighted by Crippen LogP contribution is 2.41. The normalized spacial score (nSPS) is 25.5. The molecule has 0 spiro atoms. The molecule has 0 bridgehead atoms. The summed E-state index contributed by atoms with van der Waals surface area (Å²) in [6, 6.07) is 8.29. The minimum atomic E-state index is -1.70. The SMILES string of the molecule is Cc1c(F)c(F)c(F)c([N+]2=CC3CCC4c5ccccc5CC4OCC3=N2)c1F. The molecule has 5 rings (SSSR count). The molecule has 3 aliphatic rings. The molecule has 3 unspecified atom stereocenters. The fraction of sp³-hybridized carbons (Fsp3) is 0.364. The van der Waals surface area contributed by atoms with Crippen LogP contribution < -0.4 is 0 Å². The maximum Gasteiger partial charge on any atom is 0.312 e. The lowest BCUT2D eigenvalue weighted by Gasteiger charge is -2.25. The molecule has 0 radical (unpaired) electrons. The van der Waals surface area contributed by atoms with E-state index in [2.05, 4.69) is 17.2 Å². The van der Waals surface area contributed by atoms with Crippen molar-refractivity contribution in [1.82, 2.24) is 0 Å². The Labute approximate surface area is 165 Å². The van der Waals surface area contributed by atoms with Crippen LogP contribution in [-0.2, 0) is 11.2 Å². The minimum absolute atomic E-state index is 0.0454. The van der Waals surface area contributed by atoms with Crippen LogP contribution in [-0.4, -0.2) is 29.3 Å². The van der Waals surface area contributed by atoms with E-state index in [1.807, 2.05) is 12.1 Å². The van der Waals surface area contributed by atoms with Gasteiger partial charge in [-0.05, 0) is 42.0 Å². The Kier molecular flexibility index (Phi) is 4.31. The van der Waals surface area contributed by atoms with Gasteiger partial charge in [-0.3, -0.25) is 0 Å². The number of halogens is 4. The smallest absolute Gasteiger partial charge is 0.312 e. The number of hydrazone groups is 1. The Bertz CT molecular complexity index is 1050. The summed E-state index contributed by atoms with van der Waals surface area (Å²) in [6.45, 7) is 1.31. The second kappa shape index (κ2) is 6.76. The van der Waals surface area contributed by atoms with E-state index in [1.54, 1.807) is 6.21 Å². The first-order valence-corrected chi connectivity index (χ1v) is 9.69. The van der Waals surface area contributed by atoms with E-state index in [-0.39, 0.29) is 24.5 Å². The molecule has 1 saturated heterocycles. The third-order valence-electron chi connectivity index (χ3n) is 6.23. The van der Waals surface area contributed by atoms with Crippen molar-refractivity contribution in [3.8, 4) is 0 Å². The van der Waals surface area contributed by atoms with Crippen molar-refractivity contribution in [3.63, 3.8) is 0 Å². The molecular formula is C22H19F4N2O+. The third-order valence-corrected chi connectivity index (χ3v) is 6.23. The van der Waals surface area contributed by atoms with Gasteiger partial charge in [-0.25, -0.2) is 8.78 Å². The van der Waals surface area contributed by atoms with Crippen LogP contribution in [0.1, 0.15) is 35.4 Å². The zero-order valence-corrected chi connectivity index (χ0v) is 15.8. The van der Waals surface area contributed by atoms with Gasteiger partial charge in [0.25, 0.3) is 0 Å². The van der Waals surface area contributed by atoms with Gasteiger partial charge in [0.2, 0.25) is 17.5 Å². The van der Waals surface area contributed by atoms with E-state index in [4.69, 9.17) is 4.74 Å². The van der Waals surface area contributed by atoms with Gasteiger partial charge in [0, 0.05) is 16.6 Å². The molecule has 3 nitrogen and oxygen atoms in total. The summed E-state index contributed by atoms with van der Waals surface area (Å²) < 4.78 is 63.5. The van der Waals surface area contributed by atoms with Gasteiger partial charge in [0.05, 0.1) is 18.6 Å². The van der Waals surface area contributed by atoms with E-state index in [0.717, 1.165) is 30.9 Å². The van der Waals surface area contributed by atoms with Crippen molar-refractivity contribution in [2.45, 2.75) is 38.2 Å². The molecule has 3 atom stereocenters. The van der Waals surface area contributed by atoms with Crippen LogP contribution in [0.5, 0.6) is 0 Å². The lowest BCUT2D eigenvalue weighted by atomic mass is 9.88. The molecule has 0 amide bonds. The van der Waals surface area contributed by atoms with Crippen molar-refractivity contribution in [3.05, 3.63) is 64.2 Å². The van der Waals surface area contributed by atoms with Crippen LogP contribution in [0.15, 0.2) is 29.4 Å². The zero-order valence-electron chi connectivity index (χ0n) is 15.8. The number of hydrogen-bond acceptors (Lipinski definition) is 2. The molecule has 0 N–H and O–H groups in total. The molecule has 150 valence electrons. The van der Waals surface area contributed by atoms with Crippen LogP contribution in [0.4, 0.5) is 23.2 Å². The van der Waals surface area contributed by atoms with Crippen molar-refractivity contribution in [1.29, 1.82) is 0 Å². The lowest BCUT2D eigenvalue weighted by molar-refractivity contribution is -0.442. The molecule has 2 aromatic carbocycles. The Balaban J connectivity index is 1.48. The fourth-order valence-electron chi connectivity index (χ4n) is 4.65. The quantitative estimate of drug-likeness (QED) is 0.291. The van der Waals surface area contributed by atoms with Crippen molar-refractivity contribution >= 4 is 17.6 Å². The van der Waals surface area contributed by atoms with Gasteiger partial charge in [0.1, 0.15) is 5.71 Å². The van der Waals surface area contributed by atoms with Gasteiger partial charge in [-0.2, -0.15) is 8.78 Å². The van der Waals surface area contributed by atoms with Gasteiger partial charge in [0.15, 0.2) is 12.0 Å². The highest BCUT2D eigenvalue weighted by atomic mass is 19.2. The zero-order chi connectivity index (χ0) is 20.3. The monoisotopic (exact) mass is 403 g/mol. The molecule has 1 fully saturated rings. The first-order chi connectivity index (χ1) is 14.0. The molecule has 2 heterocycles. The molecule has 1 aliphatic carbocycles. The summed E-state index contributed by atoms with van der Waals surface area (Å²) in [6.07, 6.45) is 4.03. The summed E-state index contributed by atoms with van der Waals surface area (Å²) in [5, 5.41) is 4.28. The number of ether oxygens (including phenoxy) is 1. The number of nitrogens with zero attached hydrogens (tertiary/aromatic N) is 2. The third kappa shape index (κ3) is 2.82. The van der Waals surface area contributed by atoms with E-state index in [0.29, 0.717) is 5.71 Å². The summed E-state index contributed by atoms with van der Waals surface area (Å²) in [4.78, 5) is 0. The molecule has 0 saturated carbocycles. The van der Waals surface area contributed by atoms with Crippen molar-refractivity contribution in [2.24, 2.45) is 11.0 Å². The summed E-state index contributed by atoms with van der Waals surface area (Å²) >= 11 is 0. The number of benzene rings is 2. The highest BCUT2D eigenvalue weighted by Gasteiger charge is 2.41. The van der Waals surface area contributed by atoms with E-state index >= 15 is 0 Å². The van der Waals surface area contributed by atoms with E-state index in [9.17, 15) is 17.6 Å². The molecule has 7 heteroatoms. The average Bonchev–Trinajstić information content (AvgIpc) is 3.26.